The lowest BCUT2D eigenvalue weighted by atomic mass is 9.45. The Hall–Kier alpha value is -6.24. The monoisotopic (exact) mass is 989 g/mol. The van der Waals surface area contributed by atoms with E-state index in [1.54, 1.807) is 0 Å². The summed E-state index contributed by atoms with van der Waals surface area (Å²) in [4.78, 5) is 5.20. The average molecular weight is 989 g/mol. The van der Waals surface area contributed by atoms with Gasteiger partial charge in [0.2, 0.25) is 0 Å². The molecule has 74 heavy (non-hydrogen) atoms. The van der Waals surface area contributed by atoms with Crippen molar-refractivity contribution < 1.29 is 8.83 Å². The Labute approximate surface area is 441 Å². The van der Waals surface area contributed by atoms with Crippen LogP contribution in [0.2, 0.25) is 0 Å². The molecule has 4 aliphatic rings. The van der Waals surface area contributed by atoms with Crippen molar-refractivity contribution in [1.29, 1.82) is 0 Å². The zero-order chi connectivity index (χ0) is 51.6. The Kier molecular flexibility index (Phi) is 9.25. The molecule has 0 amide bonds. The standard InChI is InChI=1S/C68H69BN2O2S/c1-63(2,3)38-19-23-40(24-20-38)70-53-34-45-42-17-15-16-18-54(42)72-61(45)58-46-31-43-44-32-48-51(68(13,14)30-28-65(48,7)8)36-56(44)74-57(43)37-52(46)71(41-25-21-39(22-26-41)64(4,5)6)69(59(53)58)62-60(70)47-33-49-50(35-55(47)73-62)67(11,12)29-27-66(49,9)10/h15-26,31-37H,27-30H2,1-14H3. The normalized spacial score (nSPS) is 18.3. The molecular weight excluding hydrogens is 920 g/mol. The van der Waals surface area contributed by atoms with Crippen molar-refractivity contribution in [3.05, 3.63) is 149 Å². The number of benzene rings is 7. The second-order valence-corrected chi connectivity index (χ2v) is 28.6. The van der Waals surface area contributed by atoms with Gasteiger partial charge < -0.3 is 18.5 Å². The van der Waals surface area contributed by atoms with Gasteiger partial charge in [-0.05, 0) is 170 Å². The zero-order valence-electron chi connectivity index (χ0n) is 46.0. The molecule has 4 nitrogen and oxygen atoms in total. The van der Waals surface area contributed by atoms with Crippen molar-refractivity contribution in [1.82, 2.24) is 0 Å². The minimum atomic E-state index is -0.322. The molecule has 6 heteroatoms. The smallest absolute Gasteiger partial charge is 0.376 e. The van der Waals surface area contributed by atoms with Gasteiger partial charge in [-0.15, -0.1) is 11.3 Å². The first kappa shape index (κ1) is 46.3. The van der Waals surface area contributed by atoms with Crippen molar-refractivity contribution in [3.8, 4) is 11.1 Å². The maximum atomic E-state index is 7.73. The Morgan fingerprint density at radius 3 is 1.62 bits per heavy atom. The first-order valence-electron chi connectivity index (χ1n) is 27.4. The van der Waals surface area contributed by atoms with Gasteiger partial charge in [-0.25, -0.2) is 0 Å². The third-order valence-electron chi connectivity index (χ3n) is 18.7. The lowest BCUT2D eigenvalue weighted by molar-refractivity contribution is 0.332. The van der Waals surface area contributed by atoms with Crippen LogP contribution in [0, 0.1) is 0 Å². The Bertz CT molecular complexity index is 4050. The summed E-state index contributed by atoms with van der Waals surface area (Å²) in [6, 6.07) is 45.1. The van der Waals surface area contributed by atoms with Gasteiger partial charge in [0.25, 0.3) is 0 Å². The van der Waals surface area contributed by atoms with Crippen molar-refractivity contribution in [2.45, 2.75) is 155 Å². The fourth-order valence-corrected chi connectivity index (χ4v) is 15.0. The summed E-state index contributed by atoms with van der Waals surface area (Å²) >= 11 is 1.95. The molecule has 3 aromatic heterocycles. The topological polar surface area (TPSA) is 32.8 Å². The fourth-order valence-electron chi connectivity index (χ4n) is 13.9. The third-order valence-corrected chi connectivity index (χ3v) is 19.8. The van der Waals surface area contributed by atoms with E-state index in [1.807, 2.05) is 11.3 Å². The summed E-state index contributed by atoms with van der Waals surface area (Å²) in [5, 5.41) is 6.07. The lowest BCUT2D eigenvalue weighted by Gasteiger charge is -2.44. The quantitative estimate of drug-likeness (QED) is 0.162. The Morgan fingerprint density at radius 2 is 1.01 bits per heavy atom. The van der Waals surface area contributed by atoms with E-state index in [0.717, 1.165) is 79.7 Å². The number of hydrogen-bond acceptors (Lipinski definition) is 5. The molecule has 0 fully saturated rings. The Morgan fingerprint density at radius 1 is 0.486 bits per heavy atom. The highest BCUT2D eigenvalue weighted by Gasteiger charge is 2.51. The van der Waals surface area contributed by atoms with Gasteiger partial charge in [0.1, 0.15) is 22.4 Å². The molecular formula is C68H69BN2O2S. The van der Waals surface area contributed by atoms with Crippen LogP contribution in [0.4, 0.5) is 28.4 Å². The van der Waals surface area contributed by atoms with E-state index in [1.165, 1.54) is 83.1 Å². The highest BCUT2D eigenvalue weighted by molar-refractivity contribution is 7.26. The molecule has 0 atom stereocenters. The first-order chi connectivity index (χ1) is 34.9. The second kappa shape index (κ2) is 14.8. The number of rotatable bonds is 2. The van der Waals surface area contributed by atoms with Crippen LogP contribution in [0.15, 0.2) is 124 Å². The molecule has 0 saturated heterocycles. The highest BCUT2D eigenvalue weighted by Crippen LogP contribution is 2.57. The van der Waals surface area contributed by atoms with Crippen LogP contribution in [-0.4, -0.2) is 6.85 Å². The number of para-hydroxylation sites is 1. The Balaban J connectivity index is 1.15. The molecule has 372 valence electrons. The van der Waals surface area contributed by atoms with Crippen LogP contribution >= 0.6 is 11.3 Å². The summed E-state index contributed by atoms with van der Waals surface area (Å²) < 4.78 is 17.7. The van der Waals surface area contributed by atoms with Crippen molar-refractivity contribution in [2.75, 3.05) is 9.71 Å². The molecule has 7 aromatic carbocycles. The molecule has 0 spiro atoms. The van der Waals surface area contributed by atoms with E-state index in [-0.39, 0.29) is 39.3 Å². The third kappa shape index (κ3) is 6.45. The van der Waals surface area contributed by atoms with Crippen LogP contribution in [0.1, 0.15) is 156 Å². The van der Waals surface area contributed by atoms with Gasteiger partial charge in [0, 0.05) is 70.2 Å². The van der Waals surface area contributed by atoms with Gasteiger partial charge in [-0.3, -0.25) is 0 Å². The number of hydrogen-bond donors (Lipinski definition) is 0. The molecule has 2 aliphatic heterocycles. The molecule has 10 aromatic rings. The average Bonchev–Trinajstić information content (AvgIpc) is 4.08. The van der Waals surface area contributed by atoms with Crippen LogP contribution in [0.25, 0.3) is 64.2 Å². The van der Waals surface area contributed by atoms with E-state index < -0.39 is 0 Å². The summed E-state index contributed by atoms with van der Waals surface area (Å²) in [6.07, 6.45) is 4.64. The van der Waals surface area contributed by atoms with Gasteiger partial charge in [-0.1, -0.05) is 139 Å². The SMILES string of the molecule is CC(C)(C)c1ccc(N2B3c4oc5cc6c(cc5c4N(c4ccc(C(C)(C)C)cc4)c4cc5c(oc7ccccc75)c(c43)-c3cc4c(cc32)sc2cc3c(cc24)C(C)(C)CCC3(C)C)C(C)(C)CCC6(C)C)cc1. The fraction of sp³-hybridized carbons (Fsp3) is 0.353. The zero-order valence-corrected chi connectivity index (χ0v) is 46.8. The second-order valence-electron chi connectivity index (χ2n) is 27.5. The number of thiophene rings is 1. The van der Waals surface area contributed by atoms with E-state index >= 15 is 0 Å². The van der Waals surface area contributed by atoms with Gasteiger partial charge >= 0.3 is 6.85 Å². The molecule has 0 bridgehead atoms. The van der Waals surface area contributed by atoms with Crippen molar-refractivity contribution >= 4 is 111 Å². The van der Waals surface area contributed by atoms with Crippen LogP contribution in [0.3, 0.4) is 0 Å². The summed E-state index contributed by atoms with van der Waals surface area (Å²) in [7, 11) is 0. The maximum Gasteiger partial charge on any atom is 0.376 e. The number of furan rings is 2. The van der Waals surface area contributed by atoms with Crippen molar-refractivity contribution in [2.24, 2.45) is 0 Å². The minimum absolute atomic E-state index is 0.000571. The molecule has 0 saturated carbocycles. The van der Waals surface area contributed by atoms with E-state index in [9.17, 15) is 0 Å². The molecule has 0 unspecified atom stereocenters. The predicted molar refractivity (Wildman–Crippen MR) is 318 cm³/mol. The maximum absolute atomic E-state index is 7.73. The van der Waals surface area contributed by atoms with Gasteiger partial charge in [0.05, 0.1) is 5.69 Å². The summed E-state index contributed by atoms with van der Waals surface area (Å²) in [6.45, 7) is 33.0. The molecule has 14 rings (SSSR count). The summed E-state index contributed by atoms with van der Waals surface area (Å²) in [5.74, 6) is 0. The van der Waals surface area contributed by atoms with Crippen LogP contribution < -0.4 is 20.8 Å². The number of nitrogens with zero attached hydrogens (tertiary/aromatic N) is 2. The molecule has 5 heterocycles. The molecule has 0 N–H and O–H groups in total. The predicted octanol–water partition coefficient (Wildman–Crippen LogP) is 18.7. The number of fused-ring (bicyclic) bond motifs is 15. The molecule has 0 radical (unpaired) electrons. The van der Waals surface area contributed by atoms with E-state index in [0.29, 0.717) is 0 Å². The summed E-state index contributed by atoms with van der Waals surface area (Å²) in [5.41, 5.74) is 21.7. The minimum Gasteiger partial charge on any atom is -0.466 e. The van der Waals surface area contributed by atoms with E-state index in [2.05, 4.69) is 222 Å². The van der Waals surface area contributed by atoms with Crippen LogP contribution in [-0.2, 0) is 32.5 Å². The highest BCUT2D eigenvalue weighted by atomic mass is 32.1. The molecule has 2 aliphatic carbocycles. The first-order valence-corrected chi connectivity index (χ1v) is 28.2. The van der Waals surface area contributed by atoms with Gasteiger partial charge in [-0.2, -0.15) is 0 Å². The van der Waals surface area contributed by atoms with Crippen LogP contribution in [0.5, 0.6) is 0 Å². The lowest BCUT2D eigenvalue weighted by Crippen LogP contribution is -2.61. The number of anilines is 5. The van der Waals surface area contributed by atoms with E-state index in [4.69, 9.17) is 8.83 Å². The largest absolute Gasteiger partial charge is 0.466 e. The van der Waals surface area contributed by atoms with Gasteiger partial charge in [0.15, 0.2) is 0 Å². The van der Waals surface area contributed by atoms with Crippen molar-refractivity contribution in [3.63, 3.8) is 0 Å².